The Hall–Kier alpha value is -2.21. The van der Waals surface area contributed by atoms with Crippen LogP contribution in [0.15, 0.2) is 30.3 Å². The van der Waals surface area contributed by atoms with Gasteiger partial charge in [0.2, 0.25) is 0 Å². The van der Waals surface area contributed by atoms with Crippen molar-refractivity contribution >= 4 is 33.3 Å². The monoisotopic (exact) mass is 325 g/mol. The number of piperazine rings is 1. The van der Waals surface area contributed by atoms with E-state index < -0.39 is 0 Å². The van der Waals surface area contributed by atoms with Crippen LogP contribution in [0.2, 0.25) is 0 Å². The van der Waals surface area contributed by atoms with Gasteiger partial charge >= 0.3 is 0 Å². The van der Waals surface area contributed by atoms with E-state index in [4.69, 9.17) is 0 Å². The first kappa shape index (κ1) is 14.4. The molecule has 3 aromatic rings. The van der Waals surface area contributed by atoms with Crippen molar-refractivity contribution in [3.8, 4) is 0 Å². The minimum Gasteiger partial charge on any atom is -0.353 e. The summed E-state index contributed by atoms with van der Waals surface area (Å²) in [5, 5.41) is 1.26. The van der Waals surface area contributed by atoms with E-state index in [-0.39, 0.29) is 0 Å². The molecule has 5 nitrogen and oxygen atoms in total. The Morgan fingerprint density at radius 1 is 0.957 bits per heavy atom. The second-order valence-corrected chi connectivity index (χ2v) is 6.70. The third kappa shape index (κ3) is 2.74. The SMILES string of the molecule is Cc1cc(N2CCN(c3nsc4ccccc34)CC2)nc(C)n1. The highest BCUT2D eigenvalue weighted by Crippen LogP contribution is 2.30. The lowest BCUT2D eigenvalue weighted by molar-refractivity contribution is 0.643. The van der Waals surface area contributed by atoms with Gasteiger partial charge in [-0.1, -0.05) is 12.1 Å². The molecule has 1 aliphatic heterocycles. The second-order valence-electron chi connectivity index (χ2n) is 5.89. The molecular weight excluding hydrogens is 306 g/mol. The van der Waals surface area contributed by atoms with Crippen LogP contribution in [0.3, 0.4) is 0 Å². The number of nitrogens with zero attached hydrogens (tertiary/aromatic N) is 5. The zero-order chi connectivity index (χ0) is 15.8. The lowest BCUT2D eigenvalue weighted by atomic mass is 10.2. The molecule has 4 rings (SSSR count). The minimum atomic E-state index is 0.841. The number of hydrogen-bond acceptors (Lipinski definition) is 6. The summed E-state index contributed by atoms with van der Waals surface area (Å²) in [6, 6.07) is 10.5. The molecule has 1 aliphatic rings. The predicted molar refractivity (Wildman–Crippen MR) is 95.6 cm³/mol. The molecule has 0 aliphatic carbocycles. The molecule has 0 unspecified atom stereocenters. The maximum absolute atomic E-state index is 4.67. The van der Waals surface area contributed by atoms with Crippen LogP contribution in [0.1, 0.15) is 11.5 Å². The van der Waals surface area contributed by atoms with Gasteiger partial charge in [0.25, 0.3) is 0 Å². The number of aromatic nitrogens is 3. The summed E-state index contributed by atoms with van der Waals surface area (Å²) in [6.45, 7) is 7.83. The zero-order valence-corrected chi connectivity index (χ0v) is 14.2. The van der Waals surface area contributed by atoms with Crippen molar-refractivity contribution in [2.24, 2.45) is 0 Å². The molecule has 3 heterocycles. The normalized spacial score (nSPS) is 15.4. The quantitative estimate of drug-likeness (QED) is 0.725. The van der Waals surface area contributed by atoms with E-state index in [9.17, 15) is 0 Å². The van der Waals surface area contributed by atoms with Crippen LogP contribution in [-0.4, -0.2) is 40.5 Å². The summed E-state index contributed by atoms with van der Waals surface area (Å²) in [5.74, 6) is 3.01. The third-order valence-electron chi connectivity index (χ3n) is 4.21. The van der Waals surface area contributed by atoms with Crippen molar-refractivity contribution in [1.29, 1.82) is 0 Å². The summed E-state index contributed by atoms with van der Waals surface area (Å²) in [7, 11) is 0. The number of aryl methyl sites for hydroxylation is 2. The van der Waals surface area contributed by atoms with Crippen molar-refractivity contribution in [3.63, 3.8) is 0 Å². The van der Waals surface area contributed by atoms with Crippen LogP contribution >= 0.6 is 11.5 Å². The summed E-state index contributed by atoms with van der Waals surface area (Å²) in [6.07, 6.45) is 0. The van der Waals surface area contributed by atoms with Gasteiger partial charge < -0.3 is 9.80 Å². The van der Waals surface area contributed by atoms with Gasteiger partial charge in [0.05, 0.1) is 4.70 Å². The Balaban J connectivity index is 1.53. The molecule has 0 atom stereocenters. The fourth-order valence-corrected chi connectivity index (χ4v) is 3.90. The Morgan fingerprint density at radius 2 is 1.70 bits per heavy atom. The Morgan fingerprint density at radius 3 is 2.48 bits per heavy atom. The molecule has 0 bridgehead atoms. The predicted octanol–water partition coefficient (Wildman–Crippen LogP) is 3.03. The molecule has 0 amide bonds. The van der Waals surface area contributed by atoms with E-state index in [1.54, 1.807) is 11.5 Å². The molecule has 1 saturated heterocycles. The zero-order valence-electron chi connectivity index (χ0n) is 13.4. The van der Waals surface area contributed by atoms with E-state index in [1.165, 1.54) is 10.1 Å². The summed E-state index contributed by atoms with van der Waals surface area (Å²) in [5.41, 5.74) is 1.03. The van der Waals surface area contributed by atoms with Gasteiger partial charge in [-0.3, -0.25) is 0 Å². The lowest BCUT2D eigenvalue weighted by Gasteiger charge is -2.35. The summed E-state index contributed by atoms with van der Waals surface area (Å²) >= 11 is 1.58. The van der Waals surface area contributed by atoms with Gasteiger partial charge in [-0.05, 0) is 37.5 Å². The van der Waals surface area contributed by atoms with Crippen molar-refractivity contribution in [2.45, 2.75) is 13.8 Å². The smallest absolute Gasteiger partial charge is 0.150 e. The highest BCUT2D eigenvalue weighted by Gasteiger charge is 2.21. The number of hydrogen-bond donors (Lipinski definition) is 0. The lowest BCUT2D eigenvalue weighted by Crippen LogP contribution is -2.47. The van der Waals surface area contributed by atoms with Gasteiger partial charge in [0, 0.05) is 43.3 Å². The first-order chi connectivity index (χ1) is 11.2. The molecule has 6 heteroatoms. The summed E-state index contributed by atoms with van der Waals surface area (Å²) in [4.78, 5) is 13.7. The molecule has 1 aromatic carbocycles. The maximum Gasteiger partial charge on any atom is 0.150 e. The highest BCUT2D eigenvalue weighted by atomic mass is 32.1. The molecular formula is C17H19N5S. The van der Waals surface area contributed by atoms with Crippen LogP contribution in [0, 0.1) is 13.8 Å². The molecule has 0 N–H and O–H groups in total. The molecule has 0 saturated carbocycles. The summed E-state index contributed by atoms with van der Waals surface area (Å²) < 4.78 is 5.92. The van der Waals surface area contributed by atoms with Crippen LogP contribution in [-0.2, 0) is 0 Å². The van der Waals surface area contributed by atoms with E-state index >= 15 is 0 Å². The van der Waals surface area contributed by atoms with E-state index in [2.05, 4.69) is 54.5 Å². The first-order valence-corrected chi connectivity index (χ1v) is 8.64. The van der Waals surface area contributed by atoms with E-state index in [0.717, 1.165) is 49.3 Å². The molecule has 0 spiro atoms. The molecule has 2 aromatic heterocycles. The Kier molecular flexibility index (Phi) is 3.61. The van der Waals surface area contributed by atoms with Gasteiger partial charge in [0.1, 0.15) is 17.5 Å². The van der Waals surface area contributed by atoms with E-state index in [0.29, 0.717) is 0 Å². The molecule has 118 valence electrons. The van der Waals surface area contributed by atoms with Crippen LogP contribution in [0.5, 0.6) is 0 Å². The number of rotatable bonds is 2. The maximum atomic E-state index is 4.67. The standard InChI is InChI=1S/C17H19N5S/c1-12-11-16(19-13(2)18-12)21-7-9-22(10-8-21)17-14-5-3-4-6-15(14)23-20-17/h3-6,11H,7-10H2,1-2H3. The topological polar surface area (TPSA) is 45.2 Å². The Labute approximate surface area is 139 Å². The highest BCUT2D eigenvalue weighted by molar-refractivity contribution is 7.13. The average molecular weight is 325 g/mol. The van der Waals surface area contributed by atoms with Crippen molar-refractivity contribution in [3.05, 3.63) is 41.9 Å². The van der Waals surface area contributed by atoms with E-state index in [1.807, 2.05) is 13.8 Å². The number of fused-ring (bicyclic) bond motifs is 1. The average Bonchev–Trinajstić information content (AvgIpc) is 2.98. The van der Waals surface area contributed by atoms with Crippen LogP contribution in [0.25, 0.3) is 10.1 Å². The van der Waals surface area contributed by atoms with Gasteiger partial charge in [-0.15, -0.1) is 0 Å². The third-order valence-corrected chi connectivity index (χ3v) is 5.03. The molecule has 1 fully saturated rings. The van der Waals surface area contributed by atoms with Crippen molar-refractivity contribution in [1.82, 2.24) is 14.3 Å². The molecule has 0 radical (unpaired) electrons. The minimum absolute atomic E-state index is 0.841. The molecule has 23 heavy (non-hydrogen) atoms. The second kappa shape index (κ2) is 5.77. The van der Waals surface area contributed by atoms with Crippen LogP contribution < -0.4 is 9.80 Å². The number of anilines is 2. The fourth-order valence-electron chi connectivity index (χ4n) is 3.11. The fraction of sp³-hybridized carbons (Fsp3) is 0.353. The van der Waals surface area contributed by atoms with Gasteiger partial charge in [0.15, 0.2) is 0 Å². The van der Waals surface area contributed by atoms with Gasteiger partial charge in [-0.25, -0.2) is 9.97 Å². The largest absolute Gasteiger partial charge is 0.353 e. The van der Waals surface area contributed by atoms with Crippen molar-refractivity contribution < 1.29 is 0 Å². The number of benzene rings is 1. The van der Waals surface area contributed by atoms with Crippen LogP contribution in [0.4, 0.5) is 11.6 Å². The van der Waals surface area contributed by atoms with Gasteiger partial charge in [-0.2, -0.15) is 4.37 Å². The van der Waals surface area contributed by atoms with Crippen molar-refractivity contribution in [2.75, 3.05) is 36.0 Å². The Bertz CT molecular complexity index is 816. The first-order valence-electron chi connectivity index (χ1n) is 7.87.